The summed E-state index contributed by atoms with van der Waals surface area (Å²) < 4.78 is 63.1. The van der Waals surface area contributed by atoms with Crippen LogP contribution in [-0.2, 0) is 25.2 Å². The minimum absolute atomic E-state index is 0.285. The minimum Gasteiger partial charge on any atom is -0.465 e. The number of methoxy groups -OCH3 is 2. The van der Waals surface area contributed by atoms with Gasteiger partial charge in [0.2, 0.25) is 0 Å². The van der Waals surface area contributed by atoms with E-state index in [1.165, 1.54) is 18.2 Å². The Balaban J connectivity index is 2.87. The average Bonchev–Trinajstić information content (AvgIpc) is 2.81. The lowest BCUT2D eigenvalue weighted by atomic mass is 10.1. The van der Waals surface area contributed by atoms with Crippen LogP contribution in [0, 0.1) is 5.82 Å². The summed E-state index contributed by atoms with van der Waals surface area (Å²) in [4.78, 5) is 25.2. The lowest BCUT2D eigenvalue weighted by molar-refractivity contribution is -0.139. The summed E-state index contributed by atoms with van der Waals surface area (Å²) in [5.74, 6) is -3.19. The maximum absolute atomic E-state index is 13.6. The molecule has 1 aliphatic rings. The van der Waals surface area contributed by atoms with E-state index in [4.69, 9.17) is 0 Å². The van der Waals surface area contributed by atoms with Gasteiger partial charge in [-0.05, 0) is 40.2 Å². The van der Waals surface area contributed by atoms with Crippen LogP contribution in [-0.4, -0.2) is 26.2 Å². The van der Waals surface area contributed by atoms with Crippen LogP contribution in [0.5, 0.6) is 0 Å². The maximum Gasteiger partial charge on any atom is 0.418 e. The number of nitrogens with zero attached hydrogens (tertiary/aromatic N) is 1. The molecule has 2 rings (SSSR count). The first kappa shape index (κ1) is 20.7. The van der Waals surface area contributed by atoms with Crippen LogP contribution in [0.4, 0.5) is 23.2 Å². The van der Waals surface area contributed by atoms with Gasteiger partial charge in [-0.2, -0.15) is 13.2 Å². The number of rotatable bonds is 3. The van der Waals surface area contributed by atoms with E-state index in [2.05, 4.69) is 25.4 Å². The standard InChI is InChI=1S/C17H12BrF4NO4/c1-26-15(24)10-5-3-4-6-23(13(10)16(25)27-2)14-11(17(20,21)22)7-9(19)8-12(14)18/h3-8H,1-2H3. The molecule has 0 aromatic heterocycles. The summed E-state index contributed by atoms with van der Waals surface area (Å²) >= 11 is 2.90. The van der Waals surface area contributed by atoms with Crippen molar-refractivity contribution in [3.63, 3.8) is 0 Å². The molecule has 0 saturated heterocycles. The number of carbonyl (C=O) groups is 2. The smallest absolute Gasteiger partial charge is 0.418 e. The van der Waals surface area contributed by atoms with Crippen LogP contribution in [0.25, 0.3) is 0 Å². The van der Waals surface area contributed by atoms with E-state index in [1.54, 1.807) is 0 Å². The monoisotopic (exact) mass is 449 g/mol. The number of carbonyl (C=O) groups excluding carboxylic acids is 2. The number of hydrogen-bond donors (Lipinski definition) is 0. The van der Waals surface area contributed by atoms with Crippen LogP contribution in [0.3, 0.4) is 0 Å². The largest absolute Gasteiger partial charge is 0.465 e. The molecule has 1 aromatic rings. The second-order valence-corrected chi connectivity index (χ2v) is 5.95. The molecule has 0 radical (unpaired) electrons. The molecule has 27 heavy (non-hydrogen) atoms. The van der Waals surface area contributed by atoms with Crippen molar-refractivity contribution in [2.75, 3.05) is 19.1 Å². The third-order valence-electron chi connectivity index (χ3n) is 3.46. The van der Waals surface area contributed by atoms with Gasteiger partial charge in [-0.15, -0.1) is 0 Å². The first-order valence-electron chi connectivity index (χ1n) is 7.23. The first-order valence-corrected chi connectivity index (χ1v) is 8.02. The summed E-state index contributed by atoms with van der Waals surface area (Å²) in [6.45, 7) is 0. The van der Waals surface area contributed by atoms with Crippen molar-refractivity contribution >= 4 is 33.6 Å². The molecule has 144 valence electrons. The molecule has 0 N–H and O–H groups in total. The zero-order chi connectivity index (χ0) is 20.4. The van der Waals surface area contributed by atoms with E-state index in [-0.39, 0.29) is 10.0 Å². The number of hydrogen-bond acceptors (Lipinski definition) is 5. The lowest BCUT2D eigenvalue weighted by Gasteiger charge is -2.27. The fourth-order valence-corrected chi connectivity index (χ4v) is 2.99. The highest BCUT2D eigenvalue weighted by Gasteiger charge is 2.39. The van der Waals surface area contributed by atoms with Gasteiger partial charge < -0.3 is 14.4 Å². The number of halogens is 5. The van der Waals surface area contributed by atoms with Crippen molar-refractivity contribution in [3.05, 3.63) is 63.7 Å². The summed E-state index contributed by atoms with van der Waals surface area (Å²) in [7, 11) is 2.06. The highest BCUT2D eigenvalue weighted by Crippen LogP contribution is 2.43. The lowest BCUT2D eigenvalue weighted by Crippen LogP contribution is -2.29. The van der Waals surface area contributed by atoms with Crippen molar-refractivity contribution in [2.45, 2.75) is 6.18 Å². The molecular formula is C17H12BrF4NO4. The van der Waals surface area contributed by atoms with E-state index < -0.39 is 40.9 Å². The molecule has 0 spiro atoms. The number of esters is 2. The summed E-state index contributed by atoms with van der Waals surface area (Å²) in [5.41, 5.74) is -2.80. The number of ether oxygens (including phenoxy) is 2. The fraction of sp³-hybridized carbons (Fsp3) is 0.176. The quantitative estimate of drug-likeness (QED) is 0.513. The van der Waals surface area contributed by atoms with Gasteiger partial charge in [0.1, 0.15) is 11.5 Å². The van der Waals surface area contributed by atoms with Crippen molar-refractivity contribution < 1.29 is 36.6 Å². The molecule has 1 aliphatic heterocycles. The van der Waals surface area contributed by atoms with Crippen LogP contribution < -0.4 is 4.90 Å². The number of alkyl halides is 3. The van der Waals surface area contributed by atoms with Crippen molar-refractivity contribution in [2.24, 2.45) is 0 Å². The van der Waals surface area contributed by atoms with Crippen LogP contribution >= 0.6 is 15.9 Å². The predicted octanol–water partition coefficient (Wildman–Crippen LogP) is 4.10. The second-order valence-electron chi connectivity index (χ2n) is 5.10. The van der Waals surface area contributed by atoms with Crippen molar-refractivity contribution in [3.8, 4) is 0 Å². The van der Waals surface area contributed by atoms with Crippen LogP contribution in [0.15, 0.2) is 52.3 Å². The Bertz CT molecular complexity index is 874. The Morgan fingerprint density at radius 3 is 2.26 bits per heavy atom. The van der Waals surface area contributed by atoms with Gasteiger partial charge in [-0.1, -0.05) is 6.08 Å². The highest BCUT2D eigenvalue weighted by molar-refractivity contribution is 9.10. The van der Waals surface area contributed by atoms with E-state index in [1.807, 2.05) is 0 Å². The predicted molar refractivity (Wildman–Crippen MR) is 90.9 cm³/mol. The van der Waals surface area contributed by atoms with Crippen molar-refractivity contribution in [1.29, 1.82) is 0 Å². The normalized spacial score (nSPS) is 14.3. The van der Waals surface area contributed by atoms with Crippen LogP contribution in [0.1, 0.15) is 5.56 Å². The zero-order valence-corrected chi connectivity index (χ0v) is 15.5. The Labute approximate surface area is 159 Å². The topological polar surface area (TPSA) is 55.8 Å². The highest BCUT2D eigenvalue weighted by atomic mass is 79.9. The van der Waals surface area contributed by atoms with Gasteiger partial charge in [-0.25, -0.2) is 14.0 Å². The minimum atomic E-state index is -4.94. The summed E-state index contributed by atoms with van der Waals surface area (Å²) in [6, 6.07) is 1.10. The van der Waals surface area contributed by atoms with E-state index in [0.29, 0.717) is 6.07 Å². The average molecular weight is 450 g/mol. The molecule has 10 heteroatoms. The molecule has 1 heterocycles. The van der Waals surface area contributed by atoms with Crippen molar-refractivity contribution in [1.82, 2.24) is 0 Å². The van der Waals surface area contributed by atoms with E-state index in [9.17, 15) is 27.2 Å². The third-order valence-corrected chi connectivity index (χ3v) is 4.07. The SMILES string of the molecule is COC(=O)C1=C(C(=O)OC)N(c2c(Br)cc(F)cc2C(F)(F)F)C=CC=C1. The second kappa shape index (κ2) is 7.95. The number of allylic oxidation sites excluding steroid dienone is 2. The molecule has 0 amide bonds. The molecule has 0 saturated carbocycles. The Morgan fingerprint density at radius 1 is 1.07 bits per heavy atom. The molecule has 5 nitrogen and oxygen atoms in total. The van der Waals surface area contributed by atoms with Gasteiger partial charge in [0.25, 0.3) is 0 Å². The van der Waals surface area contributed by atoms with Gasteiger partial charge in [0.15, 0.2) is 0 Å². The Kier molecular flexibility index (Phi) is 6.09. The number of anilines is 1. The molecule has 0 bridgehead atoms. The van der Waals surface area contributed by atoms with Gasteiger partial charge in [-0.3, -0.25) is 0 Å². The van der Waals surface area contributed by atoms with Gasteiger partial charge in [0, 0.05) is 10.7 Å². The summed E-state index contributed by atoms with van der Waals surface area (Å²) in [5, 5.41) is 0. The maximum atomic E-state index is 13.6. The number of benzene rings is 1. The zero-order valence-electron chi connectivity index (χ0n) is 13.9. The van der Waals surface area contributed by atoms with E-state index >= 15 is 0 Å². The molecule has 1 aromatic carbocycles. The molecule has 0 unspecified atom stereocenters. The third kappa shape index (κ3) is 4.21. The van der Waals surface area contributed by atoms with Gasteiger partial charge >= 0.3 is 18.1 Å². The molecule has 0 aliphatic carbocycles. The first-order chi connectivity index (χ1) is 12.6. The summed E-state index contributed by atoms with van der Waals surface area (Å²) in [6.07, 6.45) is 0.000106. The van der Waals surface area contributed by atoms with E-state index in [0.717, 1.165) is 31.4 Å². The van der Waals surface area contributed by atoms with Crippen LogP contribution in [0.2, 0.25) is 0 Å². The Morgan fingerprint density at radius 2 is 1.70 bits per heavy atom. The molecule has 0 fully saturated rings. The Hall–Kier alpha value is -2.62. The molecular weight excluding hydrogens is 438 g/mol. The fourth-order valence-electron chi connectivity index (χ4n) is 2.36. The van der Waals surface area contributed by atoms with Gasteiger partial charge in [0.05, 0.1) is 31.0 Å². The molecule has 0 atom stereocenters.